The van der Waals surface area contributed by atoms with Crippen molar-refractivity contribution < 1.29 is 21.1 Å². The molecule has 2 aromatic carbocycles. The Bertz CT molecular complexity index is 975. The molecule has 4 aromatic rings. The predicted molar refractivity (Wildman–Crippen MR) is 111 cm³/mol. The summed E-state index contributed by atoms with van der Waals surface area (Å²) in [4.78, 5) is 0. The minimum Gasteiger partial charge on any atom is -0.265 e. The summed E-state index contributed by atoms with van der Waals surface area (Å²) < 4.78 is 3.76. The van der Waals surface area contributed by atoms with Gasteiger partial charge in [0.15, 0.2) is 0 Å². The van der Waals surface area contributed by atoms with Gasteiger partial charge in [0.2, 0.25) is 0 Å². The second kappa shape index (κ2) is 8.12. The number of rotatable bonds is 5. The van der Waals surface area contributed by atoms with E-state index < -0.39 is 0 Å². The van der Waals surface area contributed by atoms with Gasteiger partial charge in [0.05, 0.1) is 11.4 Å². The molecule has 5 heteroatoms. The summed E-state index contributed by atoms with van der Waals surface area (Å²) >= 11 is 0. The number of para-hydroxylation sites is 2. The van der Waals surface area contributed by atoms with Crippen molar-refractivity contribution in [2.75, 3.05) is 0 Å². The fraction of sp³-hybridized carbons (Fsp3) is 0.250. The van der Waals surface area contributed by atoms with Crippen LogP contribution in [0.2, 0.25) is 0 Å². The molecule has 0 bridgehead atoms. The van der Waals surface area contributed by atoms with Gasteiger partial charge in [0.1, 0.15) is 0 Å². The van der Waals surface area contributed by atoms with Crippen LogP contribution in [-0.4, -0.2) is 19.6 Å². The summed E-state index contributed by atoms with van der Waals surface area (Å²) in [6.45, 7) is 8.90. The first-order valence-corrected chi connectivity index (χ1v) is 9.46. The van der Waals surface area contributed by atoms with Gasteiger partial charge in [0, 0.05) is 23.2 Å². The van der Waals surface area contributed by atoms with Crippen LogP contribution in [0.15, 0.2) is 73.1 Å². The number of hydrogen-bond acceptors (Lipinski definition) is 2. The first-order chi connectivity index (χ1) is 13.4. The van der Waals surface area contributed by atoms with Crippen molar-refractivity contribution in [1.29, 1.82) is 0 Å². The summed E-state index contributed by atoms with van der Waals surface area (Å²) in [6, 6.07) is 26.3. The summed E-state index contributed by atoms with van der Waals surface area (Å²) in [5.74, 6) is 0. The zero-order valence-corrected chi connectivity index (χ0v) is 19.3. The topological polar surface area (TPSA) is 35.6 Å². The fourth-order valence-electron chi connectivity index (χ4n) is 3.28. The Kier molecular flexibility index (Phi) is 5.95. The molecule has 0 spiro atoms. The van der Waals surface area contributed by atoms with Crippen molar-refractivity contribution in [3.8, 4) is 11.4 Å². The molecule has 4 nitrogen and oxygen atoms in total. The van der Waals surface area contributed by atoms with E-state index in [0.717, 1.165) is 22.8 Å². The summed E-state index contributed by atoms with van der Waals surface area (Å²) in [5, 5.41) is 9.71. The number of benzene rings is 2. The zero-order valence-electron chi connectivity index (χ0n) is 17.0. The molecule has 0 aliphatic heterocycles. The third kappa shape index (κ3) is 3.86. The molecule has 0 aliphatic carbocycles. The van der Waals surface area contributed by atoms with Crippen molar-refractivity contribution in [2.45, 2.75) is 38.5 Å². The Hall–Kier alpha value is -2.45. The standard InChI is InChI=1S/C24H24N4.Pt/c1-23(2,21-15-17-27(25-21)19-11-7-5-8-12-19)24(3,4)22-16-18-28(26-22)20-13-9-6-10-14-20;/h5-11,13,15-18H,1-4H3;/q-2;+2. The molecule has 0 saturated carbocycles. The fourth-order valence-corrected chi connectivity index (χ4v) is 3.28. The van der Waals surface area contributed by atoms with Crippen molar-refractivity contribution in [3.63, 3.8) is 0 Å². The molecule has 150 valence electrons. The first kappa shape index (κ1) is 21.3. The number of nitrogens with zero attached hydrogens (tertiary/aromatic N) is 4. The Labute approximate surface area is 186 Å². The largest absolute Gasteiger partial charge is 2.00 e. The average molecular weight is 564 g/mol. The molecular weight excluding hydrogens is 539 g/mol. The minimum absolute atomic E-state index is 0. The second-order valence-electron chi connectivity index (χ2n) is 8.04. The Balaban J connectivity index is 0.00000240. The molecule has 0 fully saturated rings. The minimum atomic E-state index is -0.230. The van der Waals surface area contributed by atoms with Gasteiger partial charge in [-0.2, -0.15) is 58.7 Å². The zero-order chi connectivity index (χ0) is 19.8. The molecule has 4 rings (SSSR count). The van der Waals surface area contributed by atoms with Crippen molar-refractivity contribution >= 4 is 0 Å². The van der Waals surface area contributed by atoms with E-state index in [4.69, 9.17) is 10.2 Å². The van der Waals surface area contributed by atoms with Gasteiger partial charge in [-0.25, -0.2) is 0 Å². The smallest absolute Gasteiger partial charge is 0.265 e. The SMILES string of the molecule is CC(C)(c1ccn(-c2[c-]cccc2)n1)C(C)(C)c1ccn(-c2[c-]cccc2)n1.[Pt+2]. The molecule has 0 unspecified atom stereocenters. The van der Waals surface area contributed by atoms with Crippen LogP contribution in [0.4, 0.5) is 0 Å². The van der Waals surface area contributed by atoms with Gasteiger partial charge in [-0.15, -0.1) is 12.1 Å². The van der Waals surface area contributed by atoms with E-state index >= 15 is 0 Å². The van der Waals surface area contributed by atoms with Crippen LogP contribution in [0.3, 0.4) is 0 Å². The third-order valence-corrected chi connectivity index (χ3v) is 5.90. The van der Waals surface area contributed by atoms with Gasteiger partial charge in [0.25, 0.3) is 0 Å². The van der Waals surface area contributed by atoms with Crippen molar-refractivity contribution in [1.82, 2.24) is 19.6 Å². The van der Waals surface area contributed by atoms with Crippen molar-refractivity contribution in [3.05, 3.63) is 96.6 Å². The van der Waals surface area contributed by atoms with E-state index in [-0.39, 0.29) is 31.9 Å². The van der Waals surface area contributed by atoms with Crippen LogP contribution in [0.25, 0.3) is 11.4 Å². The van der Waals surface area contributed by atoms with Crippen LogP contribution < -0.4 is 0 Å². The molecule has 0 aliphatic rings. The Morgan fingerprint density at radius 1 is 0.655 bits per heavy atom. The monoisotopic (exact) mass is 563 g/mol. The first-order valence-electron chi connectivity index (χ1n) is 9.46. The average Bonchev–Trinajstić information content (AvgIpc) is 3.40. The number of aromatic nitrogens is 4. The van der Waals surface area contributed by atoms with Crippen LogP contribution >= 0.6 is 0 Å². The second-order valence-corrected chi connectivity index (χ2v) is 8.04. The maximum atomic E-state index is 4.85. The third-order valence-electron chi connectivity index (χ3n) is 5.90. The molecule has 2 heterocycles. The predicted octanol–water partition coefficient (Wildman–Crippen LogP) is 4.91. The van der Waals surface area contributed by atoms with Gasteiger partial charge in [-0.1, -0.05) is 27.7 Å². The molecule has 0 radical (unpaired) electrons. The normalized spacial score (nSPS) is 11.9. The molecule has 0 atom stereocenters. The van der Waals surface area contributed by atoms with E-state index in [1.165, 1.54) is 0 Å². The van der Waals surface area contributed by atoms with Gasteiger partial charge in [-0.3, -0.25) is 9.36 Å². The van der Waals surface area contributed by atoms with E-state index in [1.54, 1.807) is 0 Å². The molecule has 2 aromatic heterocycles. The molecule has 0 saturated heterocycles. The number of hydrogen-bond donors (Lipinski definition) is 0. The summed E-state index contributed by atoms with van der Waals surface area (Å²) in [5.41, 5.74) is 3.46. The quantitative estimate of drug-likeness (QED) is 0.324. The van der Waals surface area contributed by atoms with Gasteiger partial charge >= 0.3 is 21.1 Å². The van der Waals surface area contributed by atoms with E-state index in [2.05, 4.69) is 52.0 Å². The summed E-state index contributed by atoms with van der Waals surface area (Å²) in [7, 11) is 0. The molecule has 0 amide bonds. The van der Waals surface area contributed by atoms with E-state index in [1.807, 2.05) is 70.3 Å². The van der Waals surface area contributed by atoms with Crippen LogP contribution in [0.1, 0.15) is 39.1 Å². The van der Waals surface area contributed by atoms with Crippen LogP contribution in [-0.2, 0) is 31.9 Å². The maximum Gasteiger partial charge on any atom is 2.00 e. The molecule has 0 N–H and O–H groups in total. The van der Waals surface area contributed by atoms with Crippen LogP contribution in [0, 0.1) is 12.1 Å². The van der Waals surface area contributed by atoms with Gasteiger partial charge < -0.3 is 0 Å². The maximum absolute atomic E-state index is 4.85. The van der Waals surface area contributed by atoms with Crippen LogP contribution in [0.5, 0.6) is 0 Å². The van der Waals surface area contributed by atoms with Crippen molar-refractivity contribution in [2.24, 2.45) is 0 Å². The summed E-state index contributed by atoms with van der Waals surface area (Å²) in [6.07, 6.45) is 3.99. The van der Waals surface area contributed by atoms with E-state index in [0.29, 0.717) is 0 Å². The Morgan fingerprint density at radius 2 is 1.07 bits per heavy atom. The molecular formula is C24H24N4Pt. The molecule has 29 heavy (non-hydrogen) atoms. The Morgan fingerprint density at radius 3 is 1.41 bits per heavy atom. The van der Waals surface area contributed by atoms with Gasteiger partial charge in [-0.05, 0) is 23.5 Å². The van der Waals surface area contributed by atoms with E-state index in [9.17, 15) is 0 Å².